The normalized spacial score (nSPS) is 10.6. The van der Waals surface area contributed by atoms with Gasteiger partial charge in [-0.2, -0.15) is 0 Å². The summed E-state index contributed by atoms with van der Waals surface area (Å²) in [5, 5.41) is 0.270. The predicted octanol–water partition coefficient (Wildman–Crippen LogP) is 0.653. The van der Waals surface area contributed by atoms with Crippen LogP contribution in [0.4, 0.5) is 5.82 Å². The highest BCUT2D eigenvalue weighted by molar-refractivity contribution is 6.33. The first-order valence-corrected chi connectivity index (χ1v) is 4.52. The minimum absolute atomic E-state index is 0.238. The van der Waals surface area contributed by atoms with Crippen LogP contribution < -0.4 is 10.5 Å². The van der Waals surface area contributed by atoms with Crippen molar-refractivity contribution in [1.29, 1.82) is 0 Å². The number of nitrogens with zero attached hydrogens (tertiary/aromatic N) is 3. The van der Waals surface area contributed by atoms with Crippen molar-refractivity contribution in [3.63, 3.8) is 0 Å². The number of likely N-dealkylation sites (N-methyl/N-ethyl adjacent to an activating group) is 1. The van der Waals surface area contributed by atoms with E-state index in [4.69, 9.17) is 22.1 Å². The van der Waals surface area contributed by atoms with Crippen molar-refractivity contribution in [3.05, 3.63) is 11.3 Å². The van der Waals surface area contributed by atoms with Gasteiger partial charge in [0.2, 0.25) is 5.88 Å². The highest BCUT2D eigenvalue weighted by atomic mass is 35.5. The lowest BCUT2D eigenvalue weighted by Gasteiger charge is -2.11. The van der Waals surface area contributed by atoms with Crippen molar-refractivity contribution in [2.45, 2.75) is 0 Å². The van der Waals surface area contributed by atoms with Crippen molar-refractivity contribution in [1.82, 2.24) is 14.9 Å². The molecular weight excluding hydrogens is 204 g/mol. The Morgan fingerprint density at radius 3 is 2.86 bits per heavy atom. The maximum atomic E-state index is 5.82. The van der Waals surface area contributed by atoms with Crippen LogP contribution in [0.25, 0.3) is 0 Å². The fourth-order valence-electron chi connectivity index (χ4n) is 0.792. The first kappa shape index (κ1) is 11.0. The summed E-state index contributed by atoms with van der Waals surface area (Å²) >= 11 is 5.82. The molecule has 0 aliphatic carbocycles. The van der Waals surface area contributed by atoms with Crippen LogP contribution in [0, 0.1) is 0 Å². The zero-order valence-electron chi connectivity index (χ0n) is 8.20. The van der Waals surface area contributed by atoms with Crippen molar-refractivity contribution in [3.8, 4) is 5.88 Å². The summed E-state index contributed by atoms with van der Waals surface area (Å²) in [7, 11) is 3.92. The monoisotopic (exact) mass is 216 g/mol. The largest absolute Gasteiger partial charge is 0.475 e. The highest BCUT2D eigenvalue weighted by Crippen LogP contribution is 2.24. The summed E-state index contributed by atoms with van der Waals surface area (Å²) in [5.74, 6) is 0.572. The van der Waals surface area contributed by atoms with Crippen molar-refractivity contribution in [2.75, 3.05) is 33.0 Å². The highest BCUT2D eigenvalue weighted by Gasteiger charge is 2.06. The summed E-state index contributed by atoms with van der Waals surface area (Å²) in [6, 6.07) is 0. The molecule has 0 saturated carbocycles. The number of nitrogen functional groups attached to an aromatic ring is 1. The van der Waals surface area contributed by atoms with Gasteiger partial charge in [0, 0.05) is 6.54 Å². The van der Waals surface area contributed by atoms with Gasteiger partial charge in [0.1, 0.15) is 23.8 Å². The lowest BCUT2D eigenvalue weighted by atomic mass is 10.5. The van der Waals surface area contributed by atoms with Crippen LogP contribution in [0.2, 0.25) is 5.02 Å². The molecule has 14 heavy (non-hydrogen) atoms. The molecule has 0 atom stereocenters. The van der Waals surface area contributed by atoms with E-state index in [0.717, 1.165) is 6.54 Å². The van der Waals surface area contributed by atoms with Crippen molar-refractivity contribution in [2.24, 2.45) is 0 Å². The second kappa shape index (κ2) is 4.97. The molecular formula is C8H13ClN4O. The molecule has 6 heteroatoms. The van der Waals surface area contributed by atoms with Crippen LogP contribution in [-0.2, 0) is 0 Å². The maximum absolute atomic E-state index is 5.82. The van der Waals surface area contributed by atoms with E-state index in [1.165, 1.54) is 6.33 Å². The van der Waals surface area contributed by atoms with Crippen LogP contribution in [0.3, 0.4) is 0 Å². The summed E-state index contributed by atoms with van der Waals surface area (Å²) in [6.07, 6.45) is 1.33. The van der Waals surface area contributed by atoms with Crippen LogP contribution in [0.15, 0.2) is 6.33 Å². The van der Waals surface area contributed by atoms with Gasteiger partial charge in [0.25, 0.3) is 0 Å². The standard InChI is InChI=1S/C8H13ClN4O/c1-13(2)3-4-14-8-6(9)7(10)11-5-12-8/h5H,3-4H2,1-2H3,(H2,10,11,12). The van der Waals surface area contributed by atoms with Gasteiger partial charge in [-0.05, 0) is 14.1 Å². The molecule has 78 valence electrons. The molecule has 0 saturated heterocycles. The average Bonchev–Trinajstić information content (AvgIpc) is 2.12. The number of ether oxygens (including phenoxy) is 1. The Labute approximate surface area is 87.8 Å². The van der Waals surface area contributed by atoms with E-state index in [2.05, 4.69) is 9.97 Å². The molecule has 0 radical (unpaired) electrons. The van der Waals surface area contributed by atoms with Gasteiger partial charge in [-0.25, -0.2) is 9.97 Å². The third-order valence-electron chi connectivity index (χ3n) is 1.56. The van der Waals surface area contributed by atoms with Gasteiger partial charge in [-0.15, -0.1) is 0 Å². The molecule has 0 bridgehead atoms. The van der Waals surface area contributed by atoms with Crippen molar-refractivity contribution < 1.29 is 4.74 Å². The second-order valence-electron chi connectivity index (χ2n) is 3.03. The molecule has 0 amide bonds. The maximum Gasteiger partial charge on any atom is 0.237 e. The fourth-order valence-corrected chi connectivity index (χ4v) is 0.944. The van der Waals surface area contributed by atoms with Crippen LogP contribution in [0.1, 0.15) is 0 Å². The van der Waals surface area contributed by atoms with E-state index in [0.29, 0.717) is 12.5 Å². The number of halogens is 1. The molecule has 0 aromatic carbocycles. The topological polar surface area (TPSA) is 64.3 Å². The number of anilines is 1. The van der Waals surface area contributed by atoms with E-state index < -0.39 is 0 Å². The first-order chi connectivity index (χ1) is 6.61. The van der Waals surface area contributed by atoms with Gasteiger partial charge in [0.15, 0.2) is 0 Å². The predicted molar refractivity (Wildman–Crippen MR) is 55.5 cm³/mol. The Hall–Kier alpha value is -1.07. The van der Waals surface area contributed by atoms with Crippen LogP contribution in [0.5, 0.6) is 5.88 Å². The zero-order valence-corrected chi connectivity index (χ0v) is 8.95. The van der Waals surface area contributed by atoms with Gasteiger partial charge < -0.3 is 15.4 Å². The lowest BCUT2D eigenvalue weighted by Crippen LogP contribution is -2.19. The second-order valence-corrected chi connectivity index (χ2v) is 3.41. The number of hydrogen-bond acceptors (Lipinski definition) is 5. The van der Waals surface area contributed by atoms with Gasteiger partial charge in [-0.1, -0.05) is 11.6 Å². The van der Waals surface area contributed by atoms with E-state index in [1.54, 1.807) is 0 Å². The van der Waals surface area contributed by atoms with E-state index >= 15 is 0 Å². The SMILES string of the molecule is CN(C)CCOc1ncnc(N)c1Cl. The van der Waals surface area contributed by atoms with Crippen LogP contribution in [-0.4, -0.2) is 42.1 Å². The quantitative estimate of drug-likeness (QED) is 0.801. The Morgan fingerprint density at radius 2 is 2.21 bits per heavy atom. The van der Waals surface area contributed by atoms with Gasteiger partial charge >= 0.3 is 0 Å². The Balaban J connectivity index is 2.54. The van der Waals surface area contributed by atoms with Crippen LogP contribution >= 0.6 is 11.6 Å². The molecule has 0 aliphatic rings. The minimum Gasteiger partial charge on any atom is -0.475 e. The Morgan fingerprint density at radius 1 is 1.50 bits per heavy atom. The molecule has 1 aromatic heterocycles. The third kappa shape index (κ3) is 3.01. The summed E-state index contributed by atoms with van der Waals surface area (Å²) < 4.78 is 5.32. The molecule has 0 spiro atoms. The molecule has 0 aliphatic heterocycles. The van der Waals surface area contributed by atoms with Crippen molar-refractivity contribution >= 4 is 17.4 Å². The number of nitrogens with two attached hydrogens (primary N) is 1. The summed E-state index contributed by atoms with van der Waals surface area (Å²) in [4.78, 5) is 9.60. The molecule has 5 nitrogen and oxygen atoms in total. The first-order valence-electron chi connectivity index (χ1n) is 4.14. The smallest absolute Gasteiger partial charge is 0.237 e. The minimum atomic E-state index is 0.238. The van der Waals surface area contributed by atoms with Gasteiger partial charge in [0.05, 0.1) is 0 Å². The molecule has 1 rings (SSSR count). The lowest BCUT2D eigenvalue weighted by molar-refractivity contribution is 0.254. The molecule has 0 unspecified atom stereocenters. The fraction of sp³-hybridized carbons (Fsp3) is 0.500. The van der Waals surface area contributed by atoms with E-state index in [1.807, 2.05) is 19.0 Å². The molecule has 1 heterocycles. The molecule has 1 aromatic rings. The molecule has 0 fully saturated rings. The number of hydrogen-bond donors (Lipinski definition) is 1. The molecule has 2 N–H and O–H groups in total. The number of aromatic nitrogens is 2. The summed E-state index contributed by atoms with van der Waals surface area (Å²) in [6.45, 7) is 1.31. The average molecular weight is 217 g/mol. The third-order valence-corrected chi connectivity index (χ3v) is 1.92. The Bertz CT molecular complexity index is 305. The van der Waals surface area contributed by atoms with E-state index in [9.17, 15) is 0 Å². The van der Waals surface area contributed by atoms with Gasteiger partial charge in [-0.3, -0.25) is 0 Å². The summed E-state index contributed by atoms with van der Waals surface area (Å²) in [5.41, 5.74) is 5.48. The zero-order chi connectivity index (χ0) is 10.6. The van der Waals surface area contributed by atoms with E-state index in [-0.39, 0.29) is 10.8 Å². The number of rotatable bonds is 4. The Kier molecular flexibility index (Phi) is 3.91.